The van der Waals surface area contributed by atoms with Gasteiger partial charge in [0.25, 0.3) is 10.0 Å². The molecule has 1 amide bonds. The summed E-state index contributed by atoms with van der Waals surface area (Å²) in [5, 5.41) is 2.75. The Balaban J connectivity index is 1.90. The molecular weight excluding hydrogens is 402 g/mol. The van der Waals surface area contributed by atoms with Crippen LogP contribution < -0.4 is 14.4 Å². The normalized spacial score (nSPS) is 11.0. The number of benzene rings is 2. The van der Waals surface area contributed by atoms with Crippen LogP contribution in [-0.2, 0) is 21.2 Å². The molecule has 0 unspecified atom stereocenters. The van der Waals surface area contributed by atoms with Gasteiger partial charge < -0.3 is 10.1 Å². The van der Waals surface area contributed by atoms with Crippen molar-refractivity contribution in [2.24, 2.45) is 0 Å². The van der Waals surface area contributed by atoms with E-state index in [4.69, 9.17) is 4.74 Å². The minimum atomic E-state index is -3.83. The fourth-order valence-electron chi connectivity index (χ4n) is 3.04. The lowest BCUT2D eigenvalue weighted by atomic mass is 10.2. The molecule has 0 fully saturated rings. The third-order valence-electron chi connectivity index (χ3n) is 4.48. The van der Waals surface area contributed by atoms with Gasteiger partial charge in [0, 0.05) is 18.9 Å². The molecule has 1 heterocycles. The first-order chi connectivity index (χ1) is 14.5. The van der Waals surface area contributed by atoms with Gasteiger partial charge in [0.2, 0.25) is 5.91 Å². The lowest BCUT2D eigenvalue weighted by Crippen LogP contribution is -2.30. The van der Waals surface area contributed by atoms with Crippen LogP contribution in [0.4, 0.5) is 11.4 Å². The van der Waals surface area contributed by atoms with E-state index in [2.05, 4.69) is 10.3 Å². The zero-order chi connectivity index (χ0) is 21.6. The number of aromatic nitrogens is 1. The second kappa shape index (κ2) is 9.41. The molecule has 0 aliphatic carbocycles. The molecule has 0 aliphatic heterocycles. The SMILES string of the molecule is CCN(c1ccccc1)S(=O)(=O)c1ccc(OC)c(NC(=O)Cc2ccncc2)c1. The maximum Gasteiger partial charge on any atom is 0.264 e. The lowest BCUT2D eigenvalue weighted by molar-refractivity contribution is -0.115. The van der Waals surface area contributed by atoms with Crippen LogP contribution in [0.1, 0.15) is 12.5 Å². The van der Waals surface area contributed by atoms with Crippen LogP contribution in [-0.4, -0.2) is 33.0 Å². The number of pyridine rings is 1. The van der Waals surface area contributed by atoms with Crippen LogP contribution in [0.25, 0.3) is 0 Å². The van der Waals surface area contributed by atoms with Crippen LogP contribution in [0.2, 0.25) is 0 Å². The van der Waals surface area contributed by atoms with Crippen molar-refractivity contribution in [3.63, 3.8) is 0 Å². The Morgan fingerprint density at radius 2 is 1.77 bits per heavy atom. The number of sulfonamides is 1. The second-order valence-electron chi connectivity index (χ2n) is 6.45. The Morgan fingerprint density at radius 1 is 1.07 bits per heavy atom. The van der Waals surface area contributed by atoms with E-state index in [1.54, 1.807) is 55.7 Å². The van der Waals surface area contributed by atoms with Crippen LogP contribution >= 0.6 is 0 Å². The zero-order valence-electron chi connectivity index (χ0n) is 16.8. The molecule has 7 nitrogen and oxygen atoms in total. The summed E-state index contributed by atoms with van der Waals surface area (Å²) in [6.45, 7) is 2.04. The predicted molar refractivity (Wildman–Crippen MR) is 116 cm³/mol. The maximum absolute atomic E-state index is 13.3. The number of hydrogen-bond donors (Lipinski definition) is 1. The number of nitrogens with one attached hydrogen (secondary N) is 1. The molecule has 8 heteroatoms. The topological polar surface area (TPSA) is 88.6 Å². The summed E-state index contributed by atoms with van der Waals surface area (Å²) in [7, 11) is -2.37. The third-order valence-corrected chi connectivity index (χ3v) is 6.38. The van der Waals surface area contributed by atoms with Crippen molar-refractivity contribution in [2.45, 2.75) is 18.2 Å². The standard InChI is InChI=1S/C22H23N3O4S/c1-3-25(18-7-5-4-6-8-18)30(27,28)19-9-10-21(29-2)20(16-19)24-22(26)15-17-11-13-23-14-12-17/h4-14,16H,3,15H2,1-2H3,(H,24,26). The molecule has 0 atom stereocenters. The molecule has 2 aromatic carbocycles. The molecule has 30 heavy (non-hydrogen) atoms. The van der Waals surface area contributed by atoms with E-state index in [9.17, 15) is 13.2 Å². The molecule has 3 rings (SSSR count). The highest BCUT2D eigenvalue weighted by Gasteiger charge is 2.25. The van der Waals surface area contributed by atoms with Crippen LogP contribution in [0.3, 0.4) is 0 Å². The molecule has 3 aromatic rings. The highest BCUT2D eigenvalue weighted by molar-refractivity contribution is 7.92. The monoisotopic (exact) mass is 425 g/mol. The number of methoxy groups -OCH3 is 1. The predicted octanol–water partition coefficient (Wildman–Crippen LogP) is 3.49. The number of carbonyl (C=O) groups excluding carboxylic acids is 1. The maximum atomic E-state index is 13.3. The van der Waals surface area contributed by atoms with Gasteiger partial charge in [-0.05, 0) is 55.0 Å². The average molecular weight is 426 g/mol. The Labute approximate surface area is 176 Å². The van der Waals surface area contributed by atoms with Gasteiger partial charge >= 0.3 is 0 Å². The van der Waals surface area contributed by atoms with E-state index in [1.807, 2.05) is 6.07 Å². The summed E-state index contributed by atoms with van der Waals surface area (Å²) >= 11 is 0. The molecule has 0 spiro atoms. The van der Waals surface area contributed by atoms with Gasteiger partial charge in [-0.15, -0.1) is 0 Å². The molecule has 0 saturated heterocycles. The van der Waals surface area contributed by atoms with Crippen LogP contribution in [0.15, 0.2) is 78.0 Å². The molecule has 156 valence electrons. The quantitative estimate of drug-likeness (QED) is 0.597. The summed E-state index contributed by atoms with van der Waals surface area (Å²) in [5.41, 5.74) is 1.66. The molecule has 0 aliphatic rings. The number of anilines is 2. The Hall–Kier alpha value is -3.39. The van der Waals surface area contributed by atoms with Crippen molar-refractivity contribution in [2.75, 3.05) is 23.3 Å². The lowest BCUT2D eigenvalue weighted by Gasteiger charge is -2.23. The fraction of sp³-hybridized carbons (Fsp3) is 0.182. The van der Waals surface area contributed by atoms with Gasteiger partial charge in [-0.3, -0.25) is 14.1 Å². The minimum absolute atomic E-state index is 0.0632. The first-order valence-corrected chi connectivity index (χ1v) is 10.8. The van der Waals surface area contributed by atoms with Gasteiger partial charge in [-0.2, -0.15) is 0 Å². The summed E-state index contributed by atoms with van der Waals surface area (Å²) in [5.74, 6) is 0.0873. The van der Waals surface area contributed by atoms with Gasteiger partial charge in [0.1, 0.15) is 5.75 Å². The van der Waals surface area contributed by atoms with E-state index in [0.29, 0.717) is 17.1 Å². The largest absolute Gasteiger partial charge is 0.495 e. The van der Waals surface area contributed by atoms with E-state index < -0.39 is 10.0 Å². The van der Waals surface area contributed by atoms with Crippen molar-refractivity contribution >= 4 is 27.3 Å². The fourth-order valence-corrected chi connectivity index (χ4v) is 4.54. The number of hydrogen-bond acceptors (Lipinski definition) is 5. The van der Waals surface area contributed by atoms with Crippen LogP contribution in [0.5, 0.6) is 5.75 Å². The summed E-state index contributed by atoms with van der Waals surface area (Å²) in [6, 6.07) is 16.8. The molecule has 0 bridgehead atoms. The Kier molecular flexibility index (Phi) is 6.68. The first kappa shape index (κ1) is 21.3. The summed E-state index contributed by atoms with van der Waals surface area (Å²) < 4.78 is 33.1. The molecule has 1 aromatic heterocycles. The Morgan fingerprint density at radius 3 is 2.40 bits per heavy atom. The van der Waals surface area contributed by atoms with Crippen molar-refractivity contribution < 1.29 is 17.9 Å². The first-order valence-electron chi connectivity index (χ1n) is 9.40. The molecule has 1 N–H and O–H groups in total. The summed E-state index contributed by atoms with van der Waals surface area (Å²) in [6.07, 6.45) is 3.35. The minimum Gasteiger partial charge on any atom is -0.495 e. The number of nitrogens with zero attached hydrogens (tertiary/aromatic N) is 2. The number of carbonyl (C=O) groups is 1. The molecule has 0 radical (unpaired) electrons. The number of para-hydroxylation sites is 1. The molecule has 0 saturated carbocycles. The van der Waals surface area contributed by atoms with E-state index in [-0.39, 0.29) is 23.8 Å². The van der Waals surface area contributed by atoms with Gasteiger partial charge in [-0.25, -0.2) is 8.42 Å². The summed E-state index contributed by atoms with van der Waals surface area (Å²) in [4.78, 5) is 16.5. The Bertz CT molecular complexity index is 1100. The number of amides is 1. The zero-order valence-corrected chi connectivity index (χ0v) is 17.6. The van der Waals surface area contributed by atoms with Gasteiger partial charge in [0.15, 0.2) is 0 Å². The second-order valence-corrected chi connectivity index (χ2v) is 8.31. The van der Waals surface area contributed by atoms with Gasteiger partial charge in [0.05, 0.1) is 29.8 Å². The smallest absolute Gasteiger partial charge is 0.264 e. The van der Waals surface area contributed by atoms with Crippen LogP contribution in [0, 0.1) is 0 Å². The van der Waals surface area contributed by atoms with Crippen molar-refractivity contribution in [3.05, 3.63) is 78.6 Å². The molecular formula is C22H23N3O4S. The average Bonchev–Trinajstić information content (AvgIpc) is 2.75. The number of rotatable bonds is 8. The number of ether oxygens (including phenoxy) is 1. The van der Waals surface area contributed by atoms with Crippen molar-refractivity contribution in [1.82, 2.24) is 4.98 Å². The highest BCUT2D eigenvalue weighted by atomic mass is 32.2. The van der Waals surface area contributed by atoms with Crippen molar-refractivity contribution in [3.8, 4) is 5.75 Å². The van der Waals surface area contributed by atoms with Crippen molar-refractivity contribution in [1.29, 1.82) is 0 Å². The van der Waals surface area contributed by atoms with E-state index in [1.165, 1.54) is 29.6 Å². The highest BCUT2D eigenvalue weighted by Crippen LogP contribution is 2.30. The van der Waals surface area contributed by atoms with E-state index in [0.717, 1.165) is 5.56 Å². The third kappa shape index (κ3) is 4.77. The van der Waals surface area contributed by atoms with Gasteiger partial charge in [-0.1, -0.05) is 18.2 Å². The van der Waals surface area contributed by atoms with E-state index >= 15 is 0 Å².